The Bertz CT molecular complexity index is 716. The molecular formula is C27H43NO2. The van der Waals surface area contributed by atoms with Gasteiger partial charge in [0.05, 0.1) is 12.6 Å². The monoisotopic (exact) mass is 413 g/mol. The summed E-state index contributed by atoms with van der Waals surface area (Å²) in [6, 6.07) is 0. The van der Waals surface area contributed by atoms with Gasteiger partial charge in [-0.25, -0.2) is 0 Å². The molecule has 1 unspecified atom stereocenters. The first-order valence-electron chi connectivity index (χ1n) is 12.9. The molecule has 8 atom stereocenters. The molecule has 3 nitrogen and oxygen atoms in total. The minimum atomic E-state index is -0.104. The van der Waals surface area contributed by atoms with E-state index < -0.39 is 0 Å². The van der Waals surface area contributed by atoms with Crippen LogP contribution in [0.15, 0.2) is 11.6 Å². The summed E-state index contributed by atoms with van der Waals surface area (Å²) in [5, 5.41) is 10.2. The lowest BCUT2D eigenvalue weighted by Gasteiger charge is -2.58. The van der Waals surface area contributed by atoms with Gasteiger partial charge < -0.3 is 5.11 Å². The molecule has 0 aromatic heterocycles. The van der Waals surface area contributed by atoms with Crippen LogP contribution in [-0.4, -0.2) is 41.5 Å². The number of carbonyl (C=O) groups is 1. The number of aliphatic hydroxyl groups is 1. The lowest BCUT2D eigenvalue weighted by Crippen LogP contribution is -2.51. The second kappa shape index (κ2) is 7.73. The number of fused-ring (bicyclic) bond motifs is 5. The van der Waals surface area contributed by atoms with Crippen molar-refractivity contribution >= 4 is 5.78 Å². The Balaban J connectivity index is 1.32. The highest BCUT2D eigenvalue weighted by atomic mass is 16.3. The van der Waals surface area contributed by atoms with Gasteiger partial charge in [0, 0.05) is 13.0 Å². The standard InChI is InChI=1S/C27H43NO2/c1-18(16-28-14-4-5-21(30)17-28)23-8-9-24-22-7-6-19-15-20(29)10-12-26(19,2)25(22)11-13-27(23,24)3/h6,18,20,22-25,29H,4-5,7-17H2,1-3H3/t18-,20?,22+,23-,24+,25+,26+,27-/m1/s1. The Kier molecular flexibility index (Phi) is 5.46. The smallest absolute Gasteiger partial charge is 0.146 e. The SMILES string of the molecule is C[C@H](CN1CCCC(=O)C1)[C@H]1CC[C@H]2[C@@H]3CC=C4CC(O)CC[C@]4(C)[C@H]3CC[C@]12C. The second-order valence-electron chi connectivity index (χ2n) is 12.2. The fraction of sp³-hybridized carbons (Fsp3) is 0.889. The van der Waals surface area contributed by atoms with Gasteiger partial charge in [-0.3, -0.25) is 9.69 Å². The van der Waals surface area contributed by atoms with Crippen molar-refractivity contribution in [3.05, 3.63) is 11.6 Å². The summed E-state index contributed by atoms with van der Waals surface area (Å²) in [6.07, 6.45) is 14.2. The maximum absolute atomic E-state index is 11.9. The number of rotatable bonds is 3. The van der Waals surface area contributed by atoms with Crippen LogP contribution in [0.3, 0.4) is 0 Å². The highest BCUT2D eigenvalue weighted by Gasteiger charge is 2.59. The van der Waals surface area contributed by atoms with E-state index in [0.717, 1.165) is 62.4 Å². The third-order valence-electron chi connectivity index (χ3n) is 10.7. The van der Waals surface area contributed by atoms with Crippen LogP contribution >= 0.6 is 0 Å². The molecule has 4 aliphatic carbocycles. The van der Waals surface area contributed by atoms with Crippen LogP contribution in [0.25, 0.3) is 0 Å². The van der Waals surface area contributed by atoms with Gasteiger partial charge in [-0.15, -0.1) is 0 Å². The van der Waals surface area contributed by atoms with E-state index in [4.69, 9.17) is 0 Å². The van der Waals surface area contributed by atoms with E-state index in [1.165, 1.54) is 38.5 Å². The number of piperidine rings is 1. The van der Waals surface area contributed by atoms with Crippen LogP contribution in [0.2, 0.25) is 0 Å². The Morgan fingerprint density at radius 3 is 2.80 bits per heavy atom. The molecule has 4 fully saturated rings. The fourth-order valence-corrected chi connectivity index (χ4v) is 9.21. The van der Waals surface area contributed by atoms with Crippen LogP contribution in [0.4, 0.5) is 0 Å². The van der Waals surface area contributed by atoms with Gasteiger partial charge in [-0.05, 0) is 105 Å². The molecule has 0 aromatic carbocycles. The minimum Gasteiger partial charge on any atom is -0.393 e. The molecular weight excluding hydrogens is 370 g/mol. The molecule has 168 valence electrons. The molecule has 1 heterocycles. The van der Waals surface area contributed by atoms with Crippen LogP contribution < -0.4 is 0 Å². The normalized spacial score (nSPS) is 47.8. The molecule has 1 aliphatic heterocycles. The van der Waals surface area contributed by atoms with Crippen LogP contribution in [0.1, 0.15) is 85.0 Å². The largest absolute Gasteiger partial charge is 0.393 e. The summed E-state index contributed by atoms with van der Waals surface area (Å²) in [5.41, 5.74) is 2.42. The molecule has 0 bridgehead atoms. The van der Waals surface area contributed by atoms with E-state index in [-0.39, 0.29) is 6.10 Å². The summed E-state index contributed by atoms with van der Waals surface area (Å²) < 4.78 is 0. The first kappa shape index (κ1) is 21.2. The van der Waals surface area contributed by atoms with E-state index in [1.807, 2.05) is 0 Å². The van der Waals surface area contributed by atoms with Crippen molar-refractivity contribution in [2.45, 2.75) is 91.1 Å². The maximum Gasteiger partial charge on any atom is 0.146 e. The number of carbonyl (C=O) groups excluding carboxylic acids is 1. The van der Waals surface area contributed by atoms with Crippen molar-refractivity contribution in [1.82, 2.24) is 4.90 Å². The zero-order chi connectivity index (χ0) is 21.1. The number of nitrogens with zero attached hydrogens (tertiary/aromatic N) is 1. The van der Waals surface area contributed by atoms with Crippen LogP contribution in [0, 0.1) is 40.4 Å². The first-order chi connectivity index (χ1) is 14.3. The number of Topliss-reactive ketones (excluding diaryl/α,β-unsaturated/α-hetero) is 1. The van der Waals surface area contributed by atoms with Crippen LogP contribution in [-0.2, 0) is 4.79 Å². The zero-order valence-electron chi connectivity index (χ0n) is 19.5. The molecule has 0 radical (unpaired) electrons. The number of likely N-dealkylation sites (tertiary alicyclic amines) is 1. The van der Waals surface area contributed by atoms with Gasteiger partial charge in [0.25, 0.3) is 0 Å². The van der Waals surface area contributed by atoms with Crippen molar-refractivity contribution in [2.75, 3.05) is 19.6 Å². The van der Waals surface area contributed by atoms with Gasteiger partial charge in [0.15, 0.2) is 0 Å². The van der Waals surface area contributed by atoms with Gasteiger partial charge >= 0.3 is 0 Å². The molecule has 1 N–H and O–H groups in total. The molecule has 0 aromatic rings. The number of ketones is 1. The molecule has 0 spiro atoms. The van der Waals surface area contributed by atoms with E-state index in [9.17, 15) is 9.90 Å². The Hall–Kier alpha value is -0.670. The predicted molar refractivity (Wildman–Crippen MR) is 121 cm³/mol. The van der Waals surface area contributed by atoms with Gasteiger partial charge in [0.2, 0.25) is 0 Å². The zero-order valence-corrected chi connectivity index (χ0v) is 19.5. The predicted octanol–water partition coefficient (Wildman–Crippen LogP) is 5.23. The maximum atomic E-state index is 11.9. The molecule has 30 heavy (non-hydrogen) atoms. The lowest BCUT2D eigenvalue weighted by atomic mass is 9.47. The van der Waals surface area contributed by atoms with Crippen molar-refractivity contribution in [3.8, 4) is 0 Å². The van der Waals surface area contributed by atoms with Crippen molar-refractivity contribution in [2.24, 2.45) is 40.4 Å². The highest BCUT2D eigenvalue weighted by Crippen LogP contribution is 2.67. The number of allylic oxidation sites excluding steroid dienone is 1. The summed E-state index contributed by atoms with van der Waals surface area (Å²) in [5.74, 6) is 4.50. The molecule has 3 saturated carbocycles. The summed E-state index contributed by atoms with van der Waals surface area (Å²) in [4.78, 5) is 14.4. The average molecular weight is 414 g/mol. The Morgan fingerprint density at radius 2 is 2.00 bits per heavy atom. The van der Waals surface area contributed by atoms with Crippen molar-refractivity contribution < 1.29 is 9.90 Å². The third-order valence-corrected chi connectivity index (χ3v) is 10.7. The van der Waals surface area contributed by atoms with Crippen LogP contribution in [0.5, 0.6) is 0 Å². The molecule has 1 saturated heterocycles. The minimum absolute atomic E-state index is 0.104. The van der Waals surface area contributed by atoms with E-state index >= 15 is 0 Å². The highest BCUT2D eigenvalue weighted by molar-refractivity contribution is 5.81. The Labute approximate surface area is 183 Å². The number of hydrogen-bond donors (Lipinski definition) is 1. The van der Waals surface area contributed by atoms with Crippen molar-refractivity contribution in [3.63, 3.8) is 0 Å². The summed E-state index contributed by atoms with van der Waals surface area (Å²) in [6.45, 7) is 10.6. The van der Waals surface area contributed by atoms with E-state index in [1.54, 1.807) is 5.57 Å². The van der Waals surface area contributed by atoms with Gasteiger partial charge in [-0.1, -0.05) is 32.4 Å². The topological polar surface area (TPSA) is 40.5 Å². The average Bonchev–Trinajstić information content (AvgIpc) is 3.06. The third kappa shape index (κ3) is 3.34. The Morgan fingerprint density at radius 1 is 1.17 bits per heavy atom. The summed E-state index contributed by atoms with van der Waals surface area (Å²) in [7, 11) is 0. The molecule has 0 amide bonds. The number of aliphatic hydroxyl groups excluding tert-OH is 1. The second-order valence-corrected chi connectivity index (χ2v) is 12.2. The molecule has 3 heteroatoms. The first-order valence-corrected chi connectivity index (χ1v) is 12.9. The number of hydrogen-bond acceptors (Lipinski definition) is 3. The summed E-state index contributed by atoms with van der Waals surface area (Å²) >= 11 is 0. The fourth-order valence-electron chi connectivity index (χ4n) is 9.21. The van der Waals surface area contributed by atoms with Crippen molar-refractivity contribution in [1.29, 1.82) is 0 Å². The van der Waals surface area contributed by atoms with Gasteiger partial charge in [-0.2, -0.15) is 0 Å². The molecule has 5 aliphatic rings. The molecule has 5 rings (SSSR count). The van der Waals surface area contributed by atoms with E-state index in [2.05, 4.69) is 31.7 Å². The quantitative estimate of drug-likeness (QED) is 0.644. The van der Waals surface area contributed by atoms with Gasteiger partial charge in [0.1, 0.15) is 5.78 Å². The van der Waals surface area contributed by atoms with E-state index in [0.29, 0.717) is 29.1 Å². The lowest BCUT2D eigenvalue weighted by molar-refractivity contribution is -0.122.